The Bertz CT molecular complexity index is 600. The number of hydrogen-bond donors (Lipinski definition) is 1. The zero-order valence-electron chi connectivity index (χ0n) is 9.77. The number of amides is 1. The van der Waals surface area contributed by atoms with Crippen LogP contribution in [0.5, 0.6) is 5.75 Å². The Morgan fingerprint density at radius 2 is 2.05 bits per heavy atom. The predicted octanol–water partition coefficient (Wildman–Crippen LogP) is 3.07. The van der Waals surface area contributed by atoms with E-state index >= 15 is 0 Å². The van der Waals surface area contributed by atoms with Crippen molar-refractivity contribution >= 4 is 29.1 Å². The number of carbonyl (C=O) groups excluding carboxylic acids is 1. The van der Waals surface area contributed by atoms with Crippen molar-refractivity contribution in [3.8, 4) is 5.75 Å². The second kappa shape index (κ2) is 5.91. The topological polar surface area (TPSA) is 65.2 Å². The Labute approximate surface area is 120 Å². The zero-order valence-corrected chi connectivity index (χ0v) is 11.3. The molecular formula is C13H10Cl2N2O2. The van der Waals surface area contributed by atoms with E-state index in [0.29, 0.717) is 15.9 Å². The van der Waals surface area contributed by atoms with E-state index in [4.69, 9.17) is 33.7 Å². The molecule has 19 heavy (non-hydrogen) atoms. The van der Waals surface area contributed by atoms with Crippen LogP contribution in [0.25, 0.3) is 0 Å². The van der Waals surface area contributed by atoms with E-state index in [1.165, 1.54) is 6.07 Å². The molecule has 0 unspecified atom stereocenters. The van der Waals surface area contributed by atoms with Gasteiger partial charge in [-0.15, -0.1) is 0 Å². The molecule has 2 N–H and O–H groups in total. The molecule has 0 aliphatic carbocycles. The summed E-state index contributed by atoms with van der Waals surface area (Å²) in [6.07, 6.45) is 1.59. The van der Waals surface area contributed by atoms with Crippen molar-refractivity contribution in [1.29, 1.82) is 0 Å². The molecule has 0 saturated heterocycles. The molecule has 6 heteroatoms. The van der Waals surface area contributed by atoms with Crippen LogP contribution in [0.4, 0.5) is 0 Å². The van der Waals surface area contributed by atoms with Crippen LogP contribution in [-0.2, 0) is 6.61 Å². The van der Waals surface area contributed by atoms with Crippen LogP contribution in [0.1, 0.15) is 15.9 Å². The fraction of sp³-hybridized carbons (Fsp3) is 0.0769. The van der Waals surface area contributed by atoms with Crippen molar-refractivity contribution in [2.24, 2.45) is 5.73 Å². The Morgan fingerprint density at radius 1 is 1.26 bits per heavy atom. The maximum Gasteiger partial charge on any atom is 0.252 e. The van der Waals surface area contributed by atoms with Crippen molar-refractivity contribution in [3.05, 3.63) is 57.8 Å². The molecule has 1 heterocycles. The molecule has 0 bridgehead atoms. The smallest absolute Gasteiger partial charge is 0.252 e. The van der Waals surface area contributed by atoms with Crippen LogP contribution >= 0.6 is 23.2 Å². The van der Waals surface area contributed by atoms with Gasteiger partial charge >= 0.3 is 0 Å². The monoisotopic (exact) mass is 296 g/mol. The van der Waals surface area contributed by atoms with Crippen LogP contribution in [-0.4, -0.2) is 10.9 Å². The Kier molecular flexibility index (Phi) is 4.24. The first-order valence-corrected chi connectivity index (χ1v) is 6.14. The average molecular weight is 297 g/mol. The highest BCUT2D eigenvalue weighted by atomic mass is 35.5. The summed E-state index contributed by atoms with van der Waals surface area (Å²) >= 11 is 11.5. The van der Waals surface area contributed by atoms with Gasteiger partial charge < -0.3 is 10.5 Å². The minimum atomic E-state index is -0.569. The van der Waals surface area contributed by atoms with E-state index in [9.17, 15) is 4.79 Å². The third-order valence-electron chi connectivity index (χ3n) is 2.39. The highest BCUT2D eigenvalue weighted by Crippen LogP contribution is 2.24. The standard InChI is InChI=1S/C13H10Cl2N2O2/c14-9-2-3-10(13(16)18)11(5-9)19-7-8-1-4-12(15)17-6-8/h1-6H,7H2,(H2,16,18). The van der Waals surface area contributed by atoms with Gasteiger partial charge in [-0.25, -0.2) is 4.98 Å². The first kappa shape index (κ1) is 13.6. The van der Waals surface area contributed by atoms with E-state index < -0.39 is 5.91 Å². The fourth-order valence-electron chi connectivity index (χ4n) is 1.47. The number of hydrogen-bond acceptors (Lipinski definition) is 3. The molecule has 1 amide bonds. The number of nitrogens with two attached hydrogens (primary N) is 1. The zero-order chi connectivity index (χ0) is 13.8. The lowest BCUT2D eigenvalue weighted by molar-refractivity contribution is 0.0996. The molecule has 2 rings (SSSR count). The maximum absolute atomic E-state index is 11.3. The number of rotatable bonds is 4. The van der Waals surface area contributed by atoms with E-state index in [-0.39, 0.29) is 12.2 Å². The number of primary amides is 1. The summed E-state index contributed by atoms with van der Waals surface area (Å²) in [6.45, 7) is 0.241. The van der Waals surface area contributed by atoms with Gasteiger partial charge in [0.1, 0.15) is 17.5 Å². The summed E-state index contributed by atoms with van der Waals surface area (Å²) < 4.78 is 5.54. The number of carbonyl (C=O) groups is 1. The summed E-state index contributed by atoms with van der Waals surface area (Å²) in [7, 11) is 0. The molecule has 1 aromatic heterocycles. The van der Waals surface area contributed by atoms with Gasteiger partial charge in [0.25, 0.3) is 5.91 Å². The summed E-state index contributed by atoms with van der Waals surface area (Å²) in [5.74, 6) is -0.226. The predicted molar refractivity (Wildman–Crippen MR) is 73.5 cm³/mol. The van der Waals surface area contributed by atoms with Crippen LogP contribution in [0.3, 0.4) is 0 Å². The molecule has 0 aliphatic rings. The molecule has 0 fully saturated rings. The average Bonchev–Trinajstić information content (AvgIpc) is 2.38. The summed E-state index contributed by atoms with van der Waals surface area (Å²) in [6, 6.07) is 8.10. The quantitative estimate of drug-likeness (QED) is 0.882. The van der Waals surface area contributed by atoms with Gasteiger partial charge in [0.05, 0.1) is 5.56 Å². The van der Waals surface area contributed by atoms with Gasteiger partial charge in [-0.05, 0) is 24.3 Å². The van der Waals surface area contributed by atoms with Crippen molar-refractivity contribution in [2.75, 3.05) is 0 Å². The van der Waals surface area contributed by atoms with Gasteiger partial charge in [0.15, 0.2) is 0 Å². The van der Waals surface area contributed by atoms with Gasteiger partial charge in [-0.2, -0.15) is 0 Å². The Balaban J connectivity index is 2.16. The lowest BCUT2D eigenvalue weighted by Gasteiger charge is -2.10. The van der Waals surface area contributed by atoms with Crippen molar-refractivity contribution in [1.82, 2.24) is 4.98 Å². The molecular weight excluding hydrogens is 287 g/mol. The van der Waals surface area contributed by atoms with E-state index in [1.807, 2.05) is 0 Å². The highest BCUT2D eigenvalue weighted by molar-refractivity contribution is 6.30. The Hall–Kier alpha value is -1.78. The number of benzene rings is 1. The van der Waals surface area contributed by atoms with Gasteiger partial charge in [-0.3, -0.25) is 4.79 Å². The molecule has 0 spiro atoms. The minimum Gasteiger partial charge on any atom is -0.488 e. The van der Waals surface area contributed by atoms with E-state index in [1.54, 1.807) is 30.5 Å². The number of pyridine rings is 1. The van der Waals surface area contributed by atoms with Crippen molar-refractivity contribution < 1.29 is 9.53 Å². The molecule has 0 aliphatic heterocycles. The van der Waals surface area contributed by atoms with Gasteiger partial charge in [-0.1, -0.05) is 29.3 Å². The molecule has 0 atom stereocenters. The number of halogens is 2. The summed E-state index contributed by atoms with van der Waals surface area (Å²) in [5.41, 5.74) is 6.36. The first-order valence-electron chi connectivity index (χ1n) is 5.39. The van der Waals surface area contributed by atoms with Crippen molar-refractivity contribution in [3.63, 3.8) is 0 Å². The van der Waals surface area contributed by atoms with Crippen molar-refractivity contribution in [2.45, 2.75) is 6.61 Å². The highest BCUT2D eigenvalue weighted by Gasteiger charge is 2.10. The molecule has 0 radical (unpaired) electrons. The molecule has 0 saturated carbocycles. The van der Waals surface area contributed by atoms with Gasteiger partial charge in [0.2, 0.25) is 0 Å². The Morgan fingerprint density at radius 3 is 2.68 bits per heavy atom. The van der Waals surface area contributed by atoms with E-state index in [2.05, 4.69) is 4.98 Å². The third kappa shape index (κ3) is 3.59. The molecule has 98 valence electrons. The van der Waals surface area contributed by atoms with Crippen LogP contribution < -0.4 is 10.5 Å². The minimum absolute atomic E-state index is 0.241. The van der Waals surface area contributed by atoms with Crippen LogP contribution in [0, 0.1) is 0 Å². The second-order valence-electron chi connectivity index (χ2n) is 3.78. The fourth-order valence-corrected chi connectivity index (χ4v) is 1.75. The number of nitrogens with zero attached hydrogens (tertiary/aromatic N) is 1. The van der Waals surface area contributed by atoms with E-state index in [0.717, 1.165) is 5.56 Å². The van der Waals surface area contributed by atoms with Crippen LogP contribution in [0.2, 0.25) is 10.2 Å². The molecule has 1 aromatic carbocycles. The maximum atomic E-state index is 11.3. The molecule has 2 aromatic rings. The largest absolute Gasteiger partial charge is 0.488 e. The summed E-state index contributed by atoms with van der Waals surface area (Å²) in [5, 5.41) is 0.874. The summed E-state index contributed by atoms with van der Waals surface area (Å²) in [4.78, 5) is 15.2. The SMILES string of the molecule is NC(=O)c1ccc(Cl)cc1OCc1ccc(Cl)nc1. The lowest BCUT2D eigenvalue weighted by atomic mass is 10.2. The number of ether oxygens (including phenoxy) is 1. The lowest BCUT2D eigenvalue weighted by Crippen LogP contribution is -2.13. The molecule has 4 nitrogen and oxygen atoms in total. The second-order valence-corrected chi connectivity index (χ2v) is 4.61. The number of aromatic nitrogens is 1. The first-order chi connectivity index (χ1) is 9.06. The van der Waals surface area contributed by atoms with Crippen LogP contribution in [0.15, 0.2) is 36.5 Å². The normalized spacial score (nSPS) is 10.2. The van der Waals surface area contributed by atoms with Gasteiger partial charge in [0, 0.05) is 16.8 Å². The third-order valence-corrected chi connectivity index (χ3v) is 2.85.